The van der Waals surface area contributed by atoms with Gasteiger partial charge in [-0.1, -0.05) is 11.6 Å². The molecule has 0 saturated heterocycles. The molecule has 1 aromatic heterocycles. The Morgan fingerprint density at radius 1 is 1.42 bits per heavy atom. The Balaban J connectivity index is 2.32. The average molecular weight is 273 g/mol. The summed E-state index contributed by atoms with van der Waals surface area (Å²) in [5.41, 5.74) is 6.51. The smallest absolute Gasteiger partial charge is 0.259 e. The summed E-state index contributed by atoms with van der Waals surface area (Å²) in [6, 6.07) is 9.74. The van der Waals surface area contributed by atoms with Crippen LogP contribution in [0.3, 0.4) is 0 Å². The van der Waals surface area contributed by atoms with Gasteiger partial charge in [0.15, 0.2) is 0 Å². The molecule has 19 heavy (non-hydrogen) atoms. The summed E-state index contributed by atoms with van der Waals surface area (Å²) in [6.07, 6.45) is 1.49. The maximum Gasteiger partial charge on any atom is 0.259 e. The molecule has 1 heterocycles. The van der Waals surface area contributed by atoms with E-state index in [9.17, 15) is 4.79 Å². The van der Waals surface area contributed by atoms with Crippen molar-refractivity contribution >= 4 is 29.0 Å². The molecule has 0 atom stereocenters. The second-order valence-electron chi connectivity index (χ2n) is 3.69. The van der Waals surface area contributed by atoms with E-state index in [-0.39, 0.29) is 11.4 Å². The molecular weight excluding hydrogens is 264 g/mol. The number of halogens is 1. The van der Waals surface area contributed by atoms with Gasteiger partial charge in [0.1, 0.15) is 11.9 Å². The molecule has 3 N–H and O–H groups in total. The zero-order valence-corrected chi connectivity index (χ0v) is 10.5. The number of pyridine rings is 1. The number of anilines is 2. The van der Waals surface area contributed by atoms with Crippen molar-refractivity contribution in [2.24, 2.45) is 0 Å². The fourth-order valence-electron chi connectivity index (χ4n) is 1.52. The van der Waals surface area contributed by atoms with Crippen LogP contribution in [0.15, 0.2) is 36.5 Å². The van der Waals surface area contributed by atoms with E-state index in [0.717, 1.165) is 0 Å². The van der Waals surface area contributed by atoms with Crippen molar-refractivity contribution in [3.8, 4) is 6.07 Å². The number of hydrogen-bond donors (Lipinski definition) is 2. The van der Waals surface area contributed by atoms with E-state index < -0.39 is 5.91 Å². The van der Waals surface area contributed by atoms with Crippen LogP contribution in [0.4, 0.5) is 11.5 Å². The third-order valence-electron chi connectivity index (χ3n) is 2.43. The molecule has 0 aliphatic carbocycles. The van der Waals surface area contributed by atoms with E-state index in [1.54, 1.807) is 18.2 Å². The molecule has 0 radical (unpaired) electrons. The summed E-state index contributed by atoms with van der Waals surface area (Å²) < 4.78 is 0. The number of hydrogen-bond acceptors (Lipinski definition) is 4. The number of nitrogens with two attached hydrogens (primary N) is 1. The van der Waals surface area contributed by atoms with Crippen molar-refractivity contribution in [3.05, 3.63) is 52.7 Å². The van der Waals surface area contributed by atoms with E-state index >= 15 is 0 Å². The SMILES string of the molecule is N#Cc1ccc(Cl)cc1NC(=O)c1cccnc1N. The molecule has 94 valence electrons. The predicted octanol–water partition coefficient (Wildman–Crippen LogP) is 2.44. The Kier molecular flexibility index (Phi) is 3.64. The van der Waals surface area contributed by atoms with Crippen LogP contribution >= 0.6 is 11.6 Å². The number of nitrogens with zero attached hydrogens (tertiary/aromatic N) is 2. The summed E-state index contributed by atoms with van der Waals surface area (Å²) >= 11 is 5.84. The quantitative estimate of drug-likeness (QED) is 0.878. The third kappa shape index (κ3) is 2.81. The molecular formula is C13H9ClN4O. The molecule has 0 fully saturated rings. The van der Waals surface area contributed by atoms with Gasteiger partial charge in [0.05, 0.1) is 16.8 Å². The molecule has 6 heteroatoms. The van der Waals surface area contributed by atoms with E-state index in [0.29, 0.717) is 16.3 Å². The lowest BCUT2D eigenvalue weighted by Gasteiger charge is -2.08. The fourth-order valence-corrected chi connectivity index (χ4v) is 1.69. The minimum absolute atomic E-state index is 0.125. The topological polar surface area (TPSA) is 91.8 Å². The monoisotopic (exact) mass is 272 g/mol. The van der Waals surface area contributed by atoms with Crippen LogP contribution in [0.2, 0.25) is 5.02 Å². The highest BCUT2D eigenvalue weighted by Gasteiger charge is 2.12. The van der Waals surface area contributed by atoms with Gasteiger partial charge >= 0.3 is 0 Å². The largest absolute Gasteiger partial charge is 0.383 e. The summed E-state index contributed by atoms with van der Waals surface area (Å²) in [5.74, 6) is -0.315. The molecule has 1 amide bonds. The Hall–Kier alpha value is -2.58. The molecule has 0 bridgehead atoms. The van der Waals surface area contributed by atoms with Gasteiger partial charge in [0.2, 0.25) is 0 Å². The Labute approximate surface area is 114 Å². The van der Waals surface area contributed by atoms with E-state index in [1.165, 1.54) is 18.3 Å². The van der Waals surface area contributed by atoms with Crippen LogP contribution in [0.5, 0.6) is 0 Å². The highest BCUT2D eigenvalue weighted by atomic mass is 35.5. The lowest BCUT2D eigenvalue weighted by atomic mass is 10.1. The van der Waals surface area contributed by atoms with Gasteiger partial charge in [-0.05, 0) is 30.3 Å². The van der Waals surface area contributed by atoms with Gasteiger partial charge in [-0.3, -0.25) is 4.79 Å². The third-order valence-corrected chi connectivity index (χ3v) is 2.67. The van der Waals surface area contributed by atoms with Gasteiger partial charge in [-0.25, -0.2) is 4.98 Å². The first-order chi connectivity index (χ1) is 9.11. The van der Waals surface area contributed by atoms with E-state index in [1.807, 2.05) is 6.07 Å². The highest BCUT2D eigenvalue weighted by Crippen LogP contribution is 2.21. The first-order valence-corrected chi connectivity index (χ1v) is 5.71. The lowest BCUT2D eigenvalue weighted by molar-refractivity contribution is 0.102. The van der Waals surface area contributed by atoms with Gasteiger partial charge in [0.25, 0.3) is 5.91 Å². The molecule has 0 spiro atoms. The van der Waals surface area contributed by atoms with Crippen LogP contribution in [0.1, 0.15) is 15.9 Å². The summed E-state index contributed by atoms with van der Waals surface area (Å²) in [6.45, 7) is 0. The second kappa shape index (κ2) is 5.38. The van der Waals surface area contributed by atoms with Crippen LogP contribution in [-0.4, -0.2) is 10.9 Å². The van der Waals surface area contributed by atoms with Crippen molar-refractivity contribution in [2.75, 3.05) is 11.1 Å². The molecule has 0 unspecified atom stereocenters. The number of aromatic nitrogens is 1. The van der Waals surface area contributed by atoms with Crippen molar-refractivity contribution in [1.29, 1.82) is 5.26 Å². The predicted molar refractivity (Wildman–Crippen MR) is 72.8 cm³/mol. The summed E-state index contributed by atoms with van der Waals surface area (Å²) in [7, 11) is 0. The van der Waals surface area contributed by atoms with Gasteiger partial charge in [-0.2, -0.15) is 5.26 Å². The van der Waals surface area contributed by atoms with Gasteiger partial charge in [0, 0.05) is 11.2 Å². The number of benzene rings is 1. The molecule has 0 saturated carbocycles. The maximum absolute atomic E-state index is 12.0. The molecule has 0 aliphatic rings. The standard InChI is InChI=1S/C13H9ClN4O/c14-9-4-3-8(7-15)11(6-9)18-13(19)10-2-1-5-17-12(10)16/h1-6H,(H2,16,17)(H,18,19). The van der Waals surface area contributed by atoms with E-state index in [4.69, 9.17) is 22.6 Å². The van der Waals surface area contributed by atoms with E-state index in [2.05, 4.69) is 10.3 Å². The number of rotatable bonds is 2. The van der Waals surface area contributed by atoms with Gasteiger partial charge in [-0.15, -0.1) is 0 Å². The Morgan fingerprint density at radius 3 is 2.89 bits per heavy atom. The summed E-state index contributed by atoms with van der Waals surface area (Å²) in [5, 5.41) is 12.0. The minimum Gasteiger partial charge on any atom is -0.383 e. The van der Waals surface area contributed by atoms with Crippen LogP contribution < -0.4 is 11.1 Å². The lowest BCUT2D eigenvalue weighted by Crippen LogP contribution is -2.15. The Bertz CT molecular complexity index is 679. The van der Waals surface area contributed by atoms with Gasteiger partial charge < -0.3 is 11.1 Å². The van der Waals surface area contributed by atoms with Crippen LogP contribution in [0, 0.1) is 11.3 Å². The minimum atomic E-state index is -0.440. The fraction of sp³-hybridized carbons (Fsp3) is 0. The molecule has 2 rings (SSSR count). The first-order valence-electron chi connectivity index (χ1n) is 5.33. The number of nitriles is 1. The molecule has 0 aliphatic heterocycles. The van der Waals surface area contributed by atoms with Crippen LogP contribution in [-0.2, 0) is 0 Å². The number of nitrogens with one attached hydrogen (secondary N) is 1. The summed E-state index contributed by atoms with van der Waals surface area (Å²) in [4.78, 5) is 15.9. The highest BCUT2D eigenvalue weighted by molar-refractivity contribution is 6.31. The number of nitrogen functional groups attached to an aromatic ring is 1. The number of carbonyl (C=O) groups is 1. The molecule has 5 nitrogen and oxygen atoms in total. The molecule has 2 aromatic rings. The number of amides is 1. The average Bonchev–Trinajstić information content (AvgIpc) is 2.39. The number of carbonyl (C=O) groups excluding carboxylic acids is 1. The second-order valence-corrected chi connectivity index (χ2v) is 4.13. The maximum atomic E-state index is 12.0. The molecule has 1 aromatic carbocycles. The zero-order chi connectivity index (χ0) is 13.8. The van der Waals surface area contributed by atoms with Crippen molar-refractivity contribution in [3.63, 3.8) is 0 Å². The zero-order valence-electron chi connectivity index (χ0n) is 9.72. The van der Waals surface area contributed by atoms with Crippen molar-refractivity contribution in [1.82, 2.24) is 4.98 Å². The Morgan fingerprint density at radius 2 is 2.21 bits per heavy atom. The van der Waals surface area contributed by atoms with Crippen LogP contribution in [0.25, 0.3) is 0 Å². The normalized spacial score (nSPS) is 9.68. The van der Waals surface area contributed by atoms with Crippen molar-refractivity contribution < 1.29 is 4.79 Å². The first kappa shape index (κ1) is 12.9. The van der Waals surface area contributed by atoms with Crippen molar-refractivity contribution in [2.45, 2.75) is 0 Å².